The summed E-state index contributed by atoms with van der Waals surface area (Å²) in [6.45, 7) is 5.55. The van der Waals surface area contributed by atoms with E-state index in [1.165, 1.54) is 24.8 Å². The zero-order valence-corrected chi connectivity index (χ0v) is 18.4. The Morgan fingerprint density at radius 2 is 1.77 bits per heavy atom. The highest BCUT2D eigenvalue weighted by atomic mass is 16.5. The van der Waals surface area contributed by atoms with Gasteiger partial charge in [0.1, 0.15) is 5.75 Å². The van der Waals surface area contributed by atoms with E-state index in [4.69, 9.17) is 10.5 Å². The van der Waals surface area contributed by atoms with Gasteiger partial charge in [-0.1, -0.05) is 50.1 Å². The molecule has 4 heteroatoms. The van der Waals surface area contributed by atoms with Gasteiger partial charge in [0.05, 0.1) is 12.1 Å². The zero-order chi connectivity index (χ0) is 21.8. The molecule has 4 aromatic rings. The fourth-order valence-corrected chi connectivity index (χ4v) is 4.38. The lowest BCUT2D eigenvalue weighted by molar-refractivity contribution is 0.100. The lowest BCUT2D eigenvalue weighted by atomic mass is 10.0. The molecule has 0 spiro atoms. The third-order valence-electron chi connectivity index (χ3n) is 5.84. The van der Waals surface area contributed by atoms with Crippen molar-refractivity contribution in [1.82, 2.24) is 4.57 Å². The van der Waals surface area contributed by atoms with Crippen molar-refractivity contribution in [1.29, 1.82) is 0 Å². The van der Waals surface area contributed by atoms with Crippen molar-refractivity contribution in [2.75, 3.05) is 6.61 Å². The van der Waals surface area contributed by atoms with Gasteiger partial charge in [-0.15, -0.1) is 0 Å². The second-order valence-corrected chi connectivity index (χ2v) is 8.04. The maximum Gasteiger partial charge on any atom is 0.249 e. The third kappa shape index (κ3) is 4.29. The number of hydrogen-bond donors (Lipinski definition) is 1. The molecule has 0 bridgehead atoms. The Morgan fingerprint density at radius 3 is 2.55 bits per heavy atom. The topological polar surface area (TPSA) is 57.2 Å². The van der Waals surface area contributed by atoms with Gasteiger partial charge < -0.3 is 15.0 Å². The first kappa shape index (κ1) is 21.0. The van der Waals surface area contributed by atoms with Crippen molar-refractivity contribution in [2.45, 2.75) is 46.1 Å². The Morgan fingerprint density at radius 1 is 0.935 bits per heavy atom. The Hall–Kier alpha value is -3.27. The van der Waals surface area contributed by atoms with E-state index in [-0.39, 0.29) is 0 Å². The van der Waals surface area contributed by atoms with Crippen molar-refractivity contribution in [2.24, 2.45) is 5.73 Å². The summed E-state index contributed by atoms with van der Waals surface area (Å²) >= 11 is 0. The Labute approximate surface area is 183 Å². The highest BCUT2D eigenvalue weighted by Gasteiger charge is 2.17. The number of primary amides is 1. The maximum absolute atomic E-state index is 12.2. The van der Waals surface area contributed by atoms with Crippen molar-refractivity contribution in [3.05, 3.63) is 77.4 Å². The molecule has 0 saturated heterocycles. The molecule has 1 aromatic heterocycles. The molecular weight excluding hydrogens is 384 g/mol. The van der Waals surface area contributed by atoms with Crippen molar-refractivity contribution < 1.29 is 9.53 Å². The van der Waals surface area contributed by atoms with Crippen LogP contribution in [0.5, 0.6) is 5.75 Å². The average Bonchev–Trinajstić information content (AvgIpc) is 3.07. The summed E-state index contributed by atoms with van der Waals surface area (Å²) in [5.41, 5.74) is 11.0. The van der Waals surface area contributed by atoms with E-state index in [2.05, 4.69) is 47.9 Å². The molecule has 0 aliphatic carbocycles. The summed E-state index contributed by atoms with van der Waals surface area (Å²) < 4.78 is 7.99. The molecule has 0 unspecified atom stereocenters. The quantitative estimate of drug-likeness (QED) is 0.338. The van der Waals surface area contributed by atoms with Gasteiger partial charge in [0.2, 0.25) is 5.91 Å². The van der Waals surface area contributed by atoms with Crippen LogP contribution in [0.1, 0.15) is 54.6 Å². The third-order valence-corrected chi connectivity index (χ3v) is 5.84. The minimum Gasteiger partial charge on any atom is -0.494 e. The monoisotopic (exact) mass is 414 g/mol. The molecule has 0 aliphatic rings. The summed E-state index contributed by atoms with van der Waals surface area (Å²) in [5, 5.41) is 2.01. The Kier molecular flexibility index (Phi) is 6.26. The standard InChI is InChI=1S/C27H30N2O2/c1-3-5-6-9-19-14-15-22-25(17-19)29(18-20-10-7-11-21(16-20)31-4-2)24-13-8-12-23(26(22)24)27(28)30/h7-8,10-17H,3-6,9,18H2,1-2H3,(H2,28,30). The molecule has 4 nitrogen and oxygen atoms in total. The van der Waals surface area contributed by atoms with E-state index >= 15 is 0 Å². The number of carbonyl (C=O) groups is 1. The zero-order valence-electron chi connectivity index (χ0n) is 18.4. The number of amides is 1. The molecule has 31 heavy (non-hydrogen) atoms. The number of carbonyl (C=O) groups excluding carboxylic acids is 1. The molecule has 0 atom stereocenters. The van der Waals surface area contributed by atoms with Crippen LogP contribution in [-0.4, -0.2) is 17.1 Å². The van der Waals surface area contributed by atoms with Crippen LogP contribution >= 0.6 is 0 Å². The van der Waals surface area contributed by atoms with Crippen LogP contribution in [0.2, 0.25) is 0 Å². The van der Waals surface area contributed by atoms with E-state index in [1.807, 2.05) is 31.2 Å². The summed E-state index contributed by atoms with van der Waals surface area (Å²) in [7, 11) is 0. The summed E-state index contributed by atoms with van der Waals surface area (Å²) in [6.07, 6.45) is 4.69. The molecule has 0 fully saturated rings. The van der Waals surface area contributed by atoms with Crippen LogP contribution in [0.3, 0.4) is 0 Å². The van der Waals surface area contributed by atoms with Crippen LogP contribution in [0.25, 0.3) is 21.8 Å². The lowest BCUT2D eigenvalue weighted by Gasteiger charge is -2.11. The first-order valence-electron chi connectivity index (χ1n) is 11.2. The highest BCUT2D eigenvalue weighted by molar-refractivity contribution is 6.18. The molecule has 0 radical (unpaired) electrons. The molecule has 2 N–H and O–H groups in total. The molecule has 1 heterocycles. The van der Waals surface area contributed by atoms with E-state index in [0.717, 1.165) is 39.5 Å². The van der Waals surface area contributed by atoms with Gasteiger partial charge in [-0.3, -0.25) is 4.79 Å². The fraction of sp³-hybridized carbons (Fsp3) is 0.296. The van der Waals surface area contributed by atoms with Crippen molar-refractivity contribution >= 4 is 27.7 Å². The number of aryl methyl sites for hydroxylation is 1. The minimum absolute atomic E-state index is 0.394. The number of aromatic nitrogens is 1. The number of ether oxygens (including phenoxy) is 1. The number of nitrogens with zero attached hydrogens (tertiary/aromatic N) is 1. The van der Waals surface area contributed by atoms with E-state index in [0.29, 0.717) is 18.7 Å². The van der Waals surface area contributed by atoms with Crippen LogP contribution in [-0.2, 0) is 13.0 Å². The molecule has 0 aliphatic heterocycles. The molecule has 1 amide bonds. The van der Waals surface area contributed by atoms with Crippen LogP contribution in [0.15, 0.2) is 60.7 Å². The molecule has 0 saturated carbocycles. The highest BCUT2D eigenvalue weighted by Crippen LogP contribution is 2.33. The van der Waals surface area contributed by atoms with Crippen LogP contribution in [0, 0.1) is 0 Å². The Bertz CT molecular complexity index is 1220. The fourth-order valence-electron chi connectivity index (χ4n) is 4.38. The van der Waals surface area contributed by atoms with Crippen molar-refractivity contribution in [3.8, 4) is 5.75 Å². The normalized spacial score (nSPS) is 11.3. The van der Waals surface area contributed by atoms with E-state index < -0.39 is 5.91 Å². The van der Waals surface area contributed by atoms with Gasteiger partial charge in [-0.05, 0) is 61.2 Å². The van der Waals surface area contributed by atoms with Gasteiger partial charge in [-0.25, -0.2) is 0 Å². The first-order chi connectivity index (χ1) is 15.1. The van der Waals surface area contributed by atoms with Gasteiger partial charge in [-0.2, -0.15) is 0 Å². The Balaban J connectivity index is 1.87. The lowest BCUT2D eigenvalue weighted by Crippen LogP contribution is -2.11. The second kappa shape index (κ2) is 9.25. The minimum atomic E-state index is -0.394. The largest absolute Gasteiger partial charge is 0.494 e. The van der Waals surface area contributed by atoms with Gasteiger partial charge in [0, 0.05) is 28.4 Å². The van der Waals surface area contributed by atoms with Crippen LogP contribution < -0.4 is 10.5 Å². The molecular formula is C27H30N2O2. The maximum atomic E-state index is 12.2. The summed E-state index contributed by atoms with van der Waals surface area (Å²) in [5.74, 6) is 0.480. The predicted molar refractivity (Wildman–Crippen MR) is 128 cm³/mol. The average molecular weight is 415 g/mol. The molecule has 3 aromatic carbocycles. The number of hydrogen-bond acceptors (Lipinski definition) is 2. The van der Waals surface area contributed by atoms with Gasteiger partial charge >= 0.3 is 0 Å². The predicted octanol–water partition coefficient (Wildman–Crippen LogP) is 6.07. The number of nitrogens with two attached hydrogens (primary N) is 1. The first-order valence-corrected chi connectivity index (χ1v) is 11.2. The van der Waals surface area contributed by atoms with Gasteiger partial charge in [0.25, 0.3) is 0 Å². The summed E-state index contributed by atoms with van der Waals surface area (Å²) in [6, 6.07) is 20.6. The summed E-state index contributed by atoms with van der Waals surface area (Å²) in [4.78, 5) is 12.2. The van der Waals surface area contributed by atoms with E-state index in [1.54, 1.807) is 0 Å². The number of benzene rings is 3. The number of unbranched alkanes of at least 4 members (excludes halogenated alkanes) is 2. The number of fused-ring (bicyclic) bond motifs is 3. The van der Waals surface area contributed by atoms with Crippen LogP contribution in [0.4, 0.5) is 0 Å². The van der Waals surface area contributed by atoms with Crippen molar-refractivity contribution in [3.63, 3.8) is 0 Å². The smallest absolute Gasteiger partial charge is 0.249 e. The number of rotatable bonds is 9. The van der Waals surface area contributed by atoms with Gasteiger partial charge in [0.15, 0.2) is 0 Å². The van der Waals surface area contributed by atoms with E-state index in [9.17, 15) is 4.79 Å². The second-order valence-electron chi connectivity index (χ2n) is 8.04. The molecule has 160 valence electrons. The molecule has 4 rings (SSSR count). The SMILES string of the molecule is CCCCCc1ccc2c3c(C(N)=O)cccc3n(Cc3cccc(OCC)c3)c2c1.